The zero-order valence-corrected chi connectivity index (χ0v) is 16.0. The summed E-state index contributed by atoms with van der Waals surface area (Å²) in [6, 6.07) is 5.24. The highest BCUT2D eigenvalue weighted by Gasteiger charge is 2.27. The number of halogens is 1. The number of anilines is 1. The van der Waals surface area contributed by atoms with Crippen LogP contribution >= 0.6 is 12.4 Å². The van der Waals surface area contributed by atoms with Gasteiger partial charge in [0, 0.05) is 17.8 Å². The molecule has 0 fully saturated rings. The van der Waals surface area contributed by atoms with E-state index < -0.39 is 5.54 Å². The number of nitrogens with one attached hydrogen (secondary N) is 2. The predicted molar refractivity (Wildman–Crippen MR) is 102 cm³/mol. The Labute approximate surface area is 151 Å². The van der Waals surface area contributed by atoms with Crippen LogP contribution in [0.15, 0.2) is 18.2 Å². The maximum absolute atomic E-state index is 12.3. The molecule has 0 spiro atoms. The minimum atomic E-state index is -0.894. The van der Waals surface area contributed by atoms with Gasteiger partial charge in [-0.25, -0.2) is 0 Å². The third-order valence-electron chi connectivity index (χ3n) is 3.70. The summed E-state index contributed by atoms with van der Waals surface area (Å²) in [6.45, 7) is 10.3. The molecular weight excluding hydrogens is 326 g/mol. The summed E-state index contributed by atoms with van der Waals surface area (Å²) < 4.78 is 0. The maximum Gasteiger partial charge on any atom is 0.251 e. The fraction of sp³-hybridized carbons (Fsp3) is 0.556. The fourth-order valence-corrected chi connectivity index (χ4v) is 2.24. The quantitative estimate of drug-likeness (QED) is 0.701. The first-order valence-corrected chi connectivity index (χ1v) is 8.16. The van der Waals surface area contributed by atoms with Gasteiger partial charge in [-0.3, -0.25) is 9.59 Å². The number of nitrogens with two attached hydrogens (primary N) is 1. The van der Waals surface area contributed by atoms with Crippen LogP contribution in [-0.4, -0.2) is 23.9 Å². The first-order chi connectivity index (χ1) is 10.7. The summed E-state index contributed by atoms with van der Waals surface area (Å²) in [5, 5.41) is 5.74. The van der Waals surface area contributed by atoms with E-state index in [0.717, 1.165) is 12.0 Å². The largest absolute Gasteiger partial charge is 0.352 e. The first kappa shape index (κ1) is 22.4. The van der Waals surface area contributed by atoms with Crippen LogP contribution in [0.25, 0.3) is 0 Å². The van der Waals surface area contributed by atoms with Crippen molar-refractivity contribution in [2.75, 3.05) is 11.9 Å². The van der Waals surface area contributed by atoms with Crippen molar-refractivity contribution in [3.05, 3.63) is 29.3 Å². The Balaban J connectivity index is 0.00000529. The van der Waals surface area contributed by atoms with Crippen LogP contribution in [0.5, 0.6) is 0 Å². The molecule has 0 radical (unpaired) electrons. The molecule has 0 saturated carbocycles. The minimum Gasteiger partial charge on any atom is -0.352 e. The molecule has 136 valence electrons. The Morgan fingerprint density at radius 1 is 1.29 bits per heavy atom. The molecule has 4 N–H and O–H groups in total. The number of rotatable bonds is 7. The second-order valence-electron chi connectivity index (χ2n) is 6.76. The van der Waals surface area contributed by atoms with Crippen LogP contribution in [0.2, 0.25) is 0 Å². The van der Waals surface area contributed by atoms with Crippen molar-refractivity contribution in [2.45, 2.75) is 53.0 Å². The van der Waals surface area contributed by atoms with Crippen LogP contribution in [0, 0.1) is 12.8 Å². The summed E-state index contributed by atoms with van der Waals surface area (Å²) in [7, 11) is 0. The van der Waals surface area contributed by atoms with Gasteiger partial charge in [0.25, 0.3) is 5.91 Å². The highest BCUT2D eigenvalue weighted by Crippen LogP contribution is 2.19. The molecule has 1 rings (SSSR count). The van der Waals surface area contributed by atoms with Gasteiger partial charge in [0.15, 0.2) is 0 Å². The Morgan fingerprint density at radius 3 is 2.42 bits per heavy atom. The molecule has 0 aliphatic carbocycles. The zero-order valence-electron chi connectivity index (χ0n) is 15.2. The topological polar surface area (TPSA) is 84.2 Å². The lowest BCUT2D eigenvalue weighted by Gasteiger charge is -2.23. The van der Waals surface area contributed by atoms with Gasteiger partial charge in [0.2, 0.25) is 5.91 Å². The fourth-order valence-electron chi connectivity index (χ4n) is 2.24. The molecule has 5 nitrogen and oxygen atoms in total. The van der Waals surface area contributed by atoms with Crippen molar-refractivity contribution >= 4 is 29.9 Å². The molecule has 0 saturated heterocycles. The third kappa shape index (κ3) is 6.49. The molecule has 1 aromatic rings. The molecule has 6 heteroatoms. The smallest absolute Gasteiger partial charge is 0.251 e. The van der Waals surface area contributed by atoms with Crippen molar-refractivity contribution in [1.82, 2.24) is 5.32 Å². The zero-order chi connectivity index (χ0) is 17.6. The normalized spacial score (nSPS) is 13.0. The van der Waals surface area contributed by atoms with E-state index in [0.29, 0.717) is 30.1 Å². The van der Waals surface area contributed by atoms with Crippen molar-refractivity contribution in [2.24, 2.45) is 11.7 Å². The lowest BCUT2D eigenvalue weighted by molar-refractivity contribution is -0.120. The van der Waals surface area contributed by atoms with Crippen LogP contribution in [0.4, 0.5) is 5.69 Å². The second kappa shape index (κ2) is 9.64. The van der Waals surface area contributed by atoms with E-state index in [-0.39, 0.29) is 24.2 Å². The molecular formula is C18H30ClN3O2. The van der Waals surface area contributed by atoms with Gasteiger partial charge >= 0.3 is 0 Å². The molecule has 0 heterocycles. The second-order valence-corrected chi connectivity index (χ2v) is 6.76. The maximum atomic E-state index is 12.3. The van der Waals surface area contributed by atoms with E-state index in [4.69, 9.17) is 5.73 Å². The van der Waals surface area contributed by atoms with Gasteiger partial charge < -0.3 is 16.4 Å². The lowest BCUT2D eigenvalue weighted by Crippen LogP contribution is -2.48. The van der Waals surface area contributed by atoms with Gasteiger partial charge in [0.05, 0.1) is 5.54 Å². The molecule has 0 bridgehead atoms. The van der Waals surface area contributed by atoms with Crippen molar-refractivity contribution in [3.63, 3.8) is 0 Å². The predicted octanol–water partition coefficient (Wildman–Crippen LogP) is 3.26. The molecule has 2 amide bonds. The summed E-state index contributed by atoms with van der Waals surface area (Å²) in [6.07, 6.45) is 1.46. The Bertz CT molecular complexity index is 571. The van der Waals surface area contributed by atoms with E-state index in [2.05, 4.69) is 10.6 Å². The van der Waals surface area contributed by atoms with Crippen LogP contribution in [-0.2, 0) is 4.79 Å². The molecule has 0 aliphatic rings. The SMILES string of the molecule is CCCC(C)(N)C(=O)Nc1ccc(C(=O)NCC(C)C)cc1C.Cl. The van der Waals surface area contributed by atoms with E-state index in [1.807, 2.05) is 27.7 Å². The average Bonchev–Trinajstić information content (AvgIpc) is 2.46. The monoisotopic (exact) mass is 355 g/mol. The standard InChI is InChI=1S/C18H29N3O2.ClH/c1-6-9-18(5,19)17(23)21-15-8-7-14(10-13(15)4)16(22)20-11-12(2)3;/h7-8,10,12H,6,9,11,19H2,1-5H3,(H,20,22)(H,21,23);1H. The summed E-state index contributed by atoms with van der Waals surface area (Å²) in [5.74, 6) is 0.0909. The van der Waals surface area contributed by atoms with E-state index in [9.17, 15) is 9.59 Å². The van der Waals surface area contributed by atoms with E-state index in [1.165, 1.54) is 0 Å². The number of hydrogen-bond acceptors (Lipinski definition) is 3. The molecule has 0 aliphatic heterocycles. The number of carbonyl (C=O) groups is 2. The van der Waals surface area contributed by atoms with Gasteiger partial charge in [0.1, 0.15) is 0 Å². The van der Waals surface area contributed by atoms with Gasteiger partial charge in [-0.15, -0.1) is 12.4 Å². The van der Waals surface area contributed by atoms with E-state index in [1.54, 1.807) is 25.1 Å². The minimum absolute atomic E-state index is 0. The molecule has 0 aromatic heterocycles. The Hall–Kier alpha value is -1.59. The van der Waals surface area contributed by atoms with Crippen molar-refractivity contribution < 1.29 is 9.59 Å². The highest BCUT2D eigenvalue weighted by molar-refractivity contribution is 5.99. The average molecular weight is 356 g/mol. The third-order valence-corrected chi connectivity index (χ3v) is 3.70. The number of hydrogen-bond donors (Lipinski definition) is 3. The summed E-state index contributed by atoms with van der Waals surface area (Å²) in [5.41, 5.74) is 7.25. The highest BCUT2D eigenvalue weighted by atomic mass is 35.5. The summed E-state index contributed by atoms with van der Waals surface area (Å²) >= 11 is 0. The lowest BCUT2D eigenvalue weighted by atomic mass is 9.96. The van der Waals surface area contributed by atoms with Gasteiger partial charge in [-0.2, -0.15) is 0 Å². The van der Waals surface area contributed by atoms with Crippen LogP contribution in [0.3, 0.4) is 0 Å². The van der Waals surface area contributed by atoms with Crippen molar-refractivity contribution in [3.8, 4) is 0 Å². The molecule has 1 aromatic carbocycles. The Kier molecular flexibility index (Phi) is 9.01. The number of carbonyl (C=O) groups excluding carboxylic acids is 2. The molecule has 1 unspecified atom stereocenters. The number of amides is 2. The summed E-state index contributed by atoms with van der Waals surface area (Å²) in [4.78, 5) is 24.3. The molecule has 24 heavy (non-hydrogen) atoms. The molecule has 1 atom stereocenters. The Morgan fingerprint density at radius 2 is 1.92 bits per heavy atom. The van der Waals surface area contributed by atoms with Gasteiger partial charge in [-0.05, 0) is 49.9 Å². The van der Waals surface area contributed by atoms with Crippen LogP contribution < -0.4 is 16.4 Å². The van der Waals surface area contributed by atoms with E-state index >= 15 is 0 Å². The number of aryl methyl sites for hydroxylation is 1. The van der Waals surface area contributed by atoms with Crippen molar-refractivity contribution in [1.29, 1.82) is 0 Å². The van der Waals surface area contributed by atoms with Crippen LogP contribution in [0.1, 0.15) is 56.5 Å². The number of benzene rings is 1. The first-order valence-electron chi connectivity index (χ1n) is 8.16. The van der Waals surface area contributed by atoms with Gasteiger partial charge in [-0.1, -0.05) is 27.2 Å².